The summed E-state index contributed by atoms with van der Waals surface area (Å²) in [6.45, 7) is 8.90. The minimum atomic E-state index is 0.0552. The van der Waals surface area contributed by atoms with E-state index in [1.807, 2.05) is 18.3 Å². The van der Waals surface area contributed by atoms with E-state index < -0.39 is 0 Å². The van der Waals surface area contributed by atoms with Crippen LogP contribution in [0.15, 0.2) is 24.5 Å². The van der Waals surface area contributed by atoms with Crippen LogP contribution in [0.4, 0.5) is 0 Å². The van der Waals surface area contributed by atoms with Crippen molar-refractivity contribution in [2.24, 2.45) is 5.92 Å². The van der Waals surface area contributed by atoms with E-state index in [-0.39, 0.29) is 11.9 Å². The zero-order chi connectivity index (χ0) is 16.5. The molecule has 1 aliphatic heterocycles. The van der Waals surface area contributed by atoms with Gasteiger partial charge in [-0.05, 0) is 36.9 Å². The number of amides is 1. The van der Waals surface area contributed by atoms with E-state index in [0.717, 1.165) is 51.3 Å². The van der Waals surface area contributed by atoms with Gasteiger partial charge in [0.1, 0.15) is 0 Å². The van der Waals surface area contributed by atoms with Crippen LogP contribution in [0.3, 0.4) is 0 Å². The molecule has 0 spiro atoms. The van der Waals surface area contributed by atoms with E-state index >= 15 is 0 Å². The van der Waals surface area contributed by atoms with Gasteiger partial charge in [-0.2, -0.15) is 0 Å². The van der Waals surface area contributed by atoms with Gasteiger partial charge in [0, 0.05) is 31.9 Å². The van der Waals surface area contributed by atoms with Crippen LogP contribution in [0.25, 0.3) is 0 Å². The molecule has 1 aromatic heterocycles. The van der Waals surface area contributed by atoms with E-state index in [1.54, 1.807) is 6.20 Å². The lowest BCUT2D eigenvalue weighted by molar-refractivity contribution is -0.122. The maximum absolute atomic E-state index is 12.3. The Kier molecular flexibility index (Phi) is 7.49. The van der Waals surface area contributed by atoms with E-state index in [2.05, 4.69) is 29.0 Å². The highest BCUT2D eigenvalue weighted by atomic mass is 16.5. The molecule has 0 saturated carbocycles. The van der Waals surface area contributed by atoms with Crippen molar-refractivity contribution in [3.05, 3.63) is 30.1 Å². The number of ether oxygens (including phenoxy) is 1. The Labute approximate surface area is 139 Å². The molecule has 5 heteroatoms. The number of carbonyl (C=O) groups is 1. The molecular formula is C18H29N3O2. The van der Waals surface area contributed by atoms with Crippen LogP contribution in [0, 0.1) is 5.92 Å². The van der Waals surface area contributed by atoms with Crippen LogP contribution in [0.1, 0.15) is 44.7 Å². The van der Waals surface area contributed by atoms with Crippen LogP contribution in [0.5, 0.6) is 0 Å². The molecule has 0 radical (unpaired) electrons. The molecule has 0 unspecified atom stereocenters. The van der Waals surface area contributed by atoms with Gasteiger partial charge >= 0.3 is 0 Å². The summed E-state index contributed by atoms with van der Waals surface area (Å²) < 4.78 is 5.34. The molecule has 0 aromatic carbocycles. The summed E-state index contributed by atoms with van der Waals surface area (Å²) in [6, 6.07) is 4.01. The fourth-order valence-corrected chi connectivity index (χ4v) is 2.89. The Morgan fingerprint density at radius 3 is 2.83 bits per heavy atom. The first-order valence-corrected chi connectivity index (χ1v) is 8.64. The SMILES string of the molecule is CC(C)C[C@@H](NC(=O)CCCN1CCOCC1)c1cccnc1. The average Bonchev–Trinajstić information content (AvgIpc) is 2.56. The standard InChI is InChI=1S/C18H29N3O2/c1-15(2)13-17(16-5-3-7-19-14-16)20-18(22)6-4-8-21-9-11-23-12-10-21/h3,5,7,14-15,17H,4,6,8-13H2,1-2H3,(H,20,22)/t17-/m1/s1. The normalized spacial score (nSPS) is 17.2. The van der Waals surface area contributed by atoms with E-state index in [0.29, 0.717) is 12.3 Å². The first kappa shape index (κ1) is 17.9. The predicted molar refractivity (Wildman–Crippen MR) is 91.1 cm³/mol. The second-order valence-electron chi connectivity index (χ2n) is 6.59. The van der Waals surface area contributed by atoms with Gasteiger partial charge in [0.05, 0.1) is 19.3 Å². The molecule has 1 amide bonds. The van der Waals surface area contributed by atoms with Crippen LogP contribution in [-0.4, -0.2) is 48.6 Å². The van der Waals surface area contributed by atoms with Gasteiger partial charge in [-0.1, -0.05) is 19.9 Å². The number of nitrogens with one attached hydrogen (secondary N) is 1. The third-order valence-electron chi connectivity index (χ3n) is 4.11. The van der Waals surface area contributed by atoms with Crippen LogP contribution in [0.2, 0.25) is 0 Å². The van der Waals surface area contributed by atoms with Crippen molar-refractivity contribution in [1.29, 1.82) is 0 Å². The molecule has 1 fully saturated rings. The highest BCUT2D eigenvalue weighted by Crippen LogP contribution is 2.20. The third-order valence-corrected chi connectivity index (χ3v) is 4.11. The van der Waals surface area contributed by atoms with Crippen LogP contribution in [-0.2, 0) is 9.53 Å². The maximum Gasteiger partial charge on any atom is 0.220 e. The van der Waals surface area contributed by atoms with E-state index in [4.69, 9.17) is 4.74 Å². The summed E-state index contributed by atoms with van der Waals surface area (Å²) in [4.78, 5) is 18.8. The lowest BCUT2D eigenvalue weighted by atomic mass is 9.98. The molecule has 2 heterocycles. The number of hydrogen-bond acceptors (Lipinski definition) is 4. The molecule has 2 rings (SSSR count). The highest BCUT2D eigenvalue weighted by Gasteiger charge is 2.17. The monoisotopic (exact) mass is 319 g/mol. The molecule has 128 valence electrons. The summed E-state index contributed by atoms with van der Waals surface area (Å²) in [7, 11) is 0. The Balaban J connectivity index is 1.78. The smallest absolute Gasteiger partial charge is 0.220 e. The third kappa shape index (κ3) is 6.67. The zero-order valence-corrected chi connectivity index (χ0v) is 14.3. The first-order valence-electron chi connectivity index (χ1n) is 8.64. The van der Waals surface area contributed by atoms with Crippen molar-refractivity contribution in [3.63, 3.8) is 0 Å². The Morgan fingerprint density at radius 1 is 1.39 bits per heavy atom. The van der Waals surface area contributed by atoms with Crippen molar-refractivity contribution >= 4 is 5.91 Å². The topological polar surface area (TPSA) is 54.5 Å². The maximum atomic E-state index is 12.3. The molecule has 1 saturated heterocycles. The second kappa shape index (κ2) is 9.63. The Bertz CT molecular complexity index is 459. The Morgan fingerprint density at radius 2 is 2.17 bits per heavy atom. The van der Waals surface area contributed by atoms with Crippen LogP contribution >= 0.6 is 0 Å². The fourth-order valence-electron chi connectivity index (χ4n) is 2.89. The summed E-state index contributed by atoms with van der Waals surface area (Å²) in [5, 5.41) is 3.18. The van der Waals surface area contributed by atoms with Gasteiger partial charge in [-0.15, -0.1) is 0 Å². The highest BCUT2D eigenvalue weighted by molar-refractivity contribution is 5.76. The van der Waals surface area contributed by atoms with E-state index in [1.165, 1.54) is 0 Å². The molecule has 5 nitrogen and oxygen atoms in total. The van der Waals surface area contributed by atoms with Crippen molar-refractivity contribution < 1.29 is 9.53 Å². The fraction of sp³-hybridized carbons (Fsp3) is 0.667. The van der Waals surface area contributed by atoms with E-state index in [9.17, 15) is 4.79 Å². The number of nitrogens with zero attached hydrogens (tertiary/aromatic N) is 2. The summed E-state index contributed by atoms with van der Waals surface area (Å²) in [6.07, 6.45) is 6.02. The molecule has 1 atom stereocenters. The van der Waals surface area contributed by atoms with Crippen molar-refractivity contribution in [2.75, 3.05) is 32.8 Å². The molecule has 1 N–H and O–H groups in total. The summed E-state index contributed by atoms with van der Waals surface area (Å²) in [5.74, 6) is 0.654. The molecule has 23 heavy (non-hydrogen) atoms. The minimum Gasteiger partial charge on any atom is -0.379 e. The largest absolute Gasteiger partial charge is 0.379 e. The Hall–Kier alpha value is -1.46. The molecule has 1 aliphatic rings. The van der Waals surface area contributed by atoms with Gasteiger partial charge in [-0.25, -0.2) is 0 Å². The minimum absolute atomic E-state index is 0.0552. The van der Waals surface area contributed by atoms with Crippen molar-refractivity contribution in [2.45, 2.75) is 39.2 Å². The lowest BCUT2D eigenvalue weighted by Crippen LogP contribution is -2.37. The summed E-state index contributed by atoms with van der Waals surface area (Å²) >= 11 is 0. The number of aromatic nitrogens is 1. The second-order valence-corrected chi connectivity index (χ2v) is 6.59. The molecule has 0 bridgehead atoms. The van der Waals surface area contributed by atoms with Gasteiger partial charge in [0.2, 0.25) is 5.91 Å². The zero-order valence-electron chi connectivity index (χ0n) is 14.3. The van der Waals surface area contributed by atoms with Gasteiger partial charge in [0.15, 0.2) is 0 Å². The summed E-state index contributed by atoms with van der Waals surface area (Å²) in [5.41, 5.74) is 1.09. The quantitative estimate of drug-likeness (QED) is 0.799. The number of morpholine rings is 1. The molecule has 0 aliphatic carbocycles. The number of carbonyl (C=O) groups excluding carboxylic acids is 1. The van der Waals surface area contributed by atoms with Crippen molar-refractivity contribution in [3.8, 4) is 0 Å². The average molecular weight is 319 g/mol. The lowest BCUT2D eigenvalue weighted by Gasteiger charge is -2.26. The number of rotatable bonds is 8. The van der Waals surface area contributed by atoms with Gasteiger partial charge < -0.3 is 10.1 Å². The number of pyridine rings is 1. The van der Waals surface area contributed by atoms with Gasteiger partial charge in [0.25, 0.3) is 0 Å². The van der Waals surface area contributed by atoms with Crippen molar-refractivity contribution in [1.82, 2.24) is 15.2 Å². The first-order chi connectivity index (χ1) is 11.1. The van der Waals surface area contributed by atoms with Crippen LogP contribution < -0.4 is 5.32 Å². The molecular weight excluding hydrogens is 290 g/mol. The molecule has 1 aromatic rings. The predicted octanol–water partition coefficient (Wildman–Crippen LogP) is 2.40. The number of hydrogen-bond donors (Lipinski definition) is 1. The van der Waals surface area contributed by atoms with Gasteiger partial charge in [-0.3, -0.25) is 14.7 Å².